The van der Waals surface area contributed by atoms with Gasteiger partial charge in [0.15, 0.2) is 0 Å². The lowest BCUT2D eigenvalue weighted by Gasteiger charge is -2.27. The summed E-state index contributed by atoms with van der Waals surface area (Å²) < 4.78 is 15.8. The number of carbonyl (C=O) groups is 1. The van der Waals surface area contributed by atoms with Gasteiger partial charge in [0.1, 0.15) is 5.54 Å². The molecule has 1 unspecified atom stereocenters. The topological polar surface area (TPSA) is 56.8 Å². The first-order chi connectivity index (χ1) is 8.75. The standard InChI is InChI=1S/C14H29NO4/c1-7-15-14(5,12(16)17-6)8-9-18-10-11-19-13(2,3)4/h15H,7-11H2,1-6H3. The molecule has 0 heterocycles. The summed E-state index contributed by atoms with van der Waals surface area (Å²) in [5.74, 6) is -0.260. The lowest BCUT2D eigenvalue weighted by atomic mass is 9.98. The van der Waals surface area contributed by atoms with Crippen LogP contribution in [0, 0.1) is 0 Å². The minimum Gasteiger partial charge on any atom is -0.468 e. The third-order valence-corrected chi connectivity index (χ3v) is 2.71. The van der Waals surface area contributed by atoms with Gasteiger partial charge in [-0.05, 0) is 40.7 Å². The van der Waals surface area contributed by atoms with Crippen molar-refractivity contribution in [3.63, 3.8) is 0 Å². The van der Waals surface area contributed by atoms with E-state index >= 15 is 0 Å². The third-order valence-electron chi connectivity index (χ3n) is 2.71. The van der Waals surface area contributed by atoms with Crippen LogP contribution in [0.15, 0.2) is 0 Å². The maximum absolute atomic E-state index is 11.7. The molecule has 0 aliphatic rings. The average Bonchev–Trinajstić information content (AvgIpc) is 2.31. The Morgan fingerprint density at radius 3 is 2.21 bits per heavy atom. The summed E-state index contributed by atoms with van der Waals surface area (Å²) in [4.78, 5) is 11.7. The van der Waals surface area contributed by atoms with E-state index in [1.165, 1.54) is 7.11 Å². The molecule has 1 N–H and O–H groups in total. The third kappa shape index (κ3) is 8.18. The van der Waals surface area contributed by atoms with Crippen LogP contribution in [0.2, 0.25) is 0 Å². The number of likely N-dealkylation sites (N-methyl/N-ethyl adjacent to an activating group) is 1. The number of methoxy groups -OCH3 is 1. The first kappa shape index (κ1) is 18.4. The molecule has 0 rings (SSSR count). The fourth-order valence-corrected chi connectivity index (χ4v) is 1.66. The van der Waals surface area contributed by atoms with Crippen molar-refractivity contribution in [2.75, 3.05) is 33.5 Å². The Morgan fingerprint density at radius 1 is 1.11 bits per heavy atom. The predicted molar refractivity (Wildman–Crippen MR) is 75.2 cm³/mol. The molecule has 0 aliphatic carbocycles. The van der Waals surface area contributed by atoms with Crippen LogP contribution < -0.4 is 5.32 Å². The second kappa shape index (κ2) is 8.51. The Bertz CT molecular complexity index is 263. The van der Waals surface area contributed by atoms with Crippen molar-refractivity contribution in [1.82, 2.24) is 5.32 Å². The summed E-state index contributed by atoms with van der Waals surface area (Å²) in [7, 11) is 1.40. The monoisotopic (exact) mass is 275 g/mol. The van der Waals surface area contributed by atoms with Crippen LogP contribution in [-0.2, 0) is 19.0 Å². The van der Waals surface area contributed by atoms with Crippen LogP contribution in [0.3, 0.4) is 0 Å². The molecule has 0 fully saturated rings. The van der Waals surface area contributed by atoms with E-state index in [9.17, 15) is 4.79 Å². The molecule has 0 amide bonds. The van der Waals surface area contributed by atoms with Gasteiger partial charge >= 0.3 is 5.97 Å². The summed E-state index contributed by atoms with van der Waals surface area (Å²) >= 11 is 0. The lowest BCUT2D eigenvalue weighted by Crippen LogP contribution is -2.50. The van der Waals surface area contributed by atoms with Gasteiger partial charge in [-0.3, -0.25) is 4.79 Å². The maximum Gasteiger partial charge on any atom is 0.325 e. The molecule has 0 radical (unpaired) electrons. The zero-order valence-corrected chi connectivity index (χ0v) is 13.2. The highest BCUT2D eigenvalue weighted by Gasteiger charge is 2.32. The van der Waals surface area contributed by atoms with Gasteiger partial charge in [-0.1, -0.05) is 6.92 Å². The first-order valence-electron chi connectivity index (χ1n) is 6.80. The van der Waals surface area contributed by atoms with E-state index in [1.807, 2.05) is 34.6 Å². The number of hydrogen-bond donors (Lipinski definition) is 1. The van der Waals surface area contributed by atoms with Gasteiger partial charge in [-0.15, -0.1) is 0 Å². The van der Waals surface area contributed by atoms with Gasteiger partial charge in [0.05, 0.1) is 25.9 Å². The molecule has 0 spiro atoms. The number of carbonyl (C=O) groups excluding carboxylic acids is 1. The van der Waals surface area contributed by atoms with Crippen LogP contribution in [0.25, 0.3) is 0 Å². The minimum atomic E-state index is -0.686. The molecule has 0 aromatic heterocycles. The van der Waals surface area contributed by atoms with Crippen LogP contribution in [0.5, 0.6) is 0 Å². The largest absolute Gasteiger partial charge is 0.468 e. The Morgan fingerprint density at radius 2 is 1.74 bits per heavy atom. The molecule has 19 heavy (non-hydrogen) atoms. The smallest absolute Gasteiger partial charge is 0.325 e. The predicted octanol–water partition coefficient (Wildman–Crippen LogP) is 1.75. The zero-order valence-electron chi connectivity index (χ0n) is 13.2. The molecule has 0 aromatic carbocycles. The van der Waals surface area contributed by atoms with E-state index in [1.54, 1.807) is 0 Å². The zero-order chi connectivity index (χ0) is 14.9. The van der Waals surface area contributed by atoms with Gasteiger partial charge in [-0.25, -0.2) is 0 Å². The second-order valence-corrected chi connectivity index (χ2v) is 5.68. The molecule has 1 atom stereocenters. The Kier molecular flexibility index (Phi) is 8.22. The minimum absolute atomic E-state index is 0.145. The van der Waals surface area contributed by atoms with E-state index in [-0.39, 0.29) is 11.6 Å². The van der Waals surface area contributed by atoms with Crippen LogP contribution in [-0.4, -0.2) is 50.6 Å². The van der Waals surface area contributed by atoms with Gasteiger partial charge in [0, 0.05) is 6.61 Å². The Hall–Kier alpha value is -0.650. The molecule has 0 aliphatic heterocycles. The van der Waals surface area contributed by atoms with Crippen LogP contribution in [0.1, 0.15) is 41.0 Å². The molecule has 0 aromatic rings. The van der Waals surface area contributed by atoms with Gasteiger partial charge in [0.25, 0.3) is 0 Å². The molecule has 0 saturated heterocycles. The number of nitrogens with one attached hydrogen (secondary N) is 1. The summed E-state index contributed by atoms with van der Waals surface area (Å²) in [5, 5.41) is 3.14. The summed E-state index contributed by atoms with van der Waals surface area (Å²) in [5.41, 5.74) is -0.831. The normalized spacial score (nSPS) is 15.1. The second-order valence-electron chi connectivity index (χ2n) is 5.68. The fraction of sp³-hybridized carbons (Fsp3) is 0.929. The van der Waals surface area contributed by atoms with Crippen molar-refractivity contribution in [3.05, 3.63) is 0 Å². The van der Waals surface area contributed by atoms with Crippen molar-refractivity contribution in [1.29, 1.82) is 0 Å². The van der Waals surface area contributed by atoms with E-state index in [4.69, 9.17) is 14.2 Å². The Labute approximate surface area is 117 Å². The molecule has 0 saturated carbocycles. The van der Waals surface area contributed by atoms with E-state index in [2.05, 4.69) is 5.32 Å². The highest BCUT2D eigenvalue weighted by Crippen LogP contribution is 2.12. The molecule has 5 nitrogen and oxygen atoms in total. The first-order valence-corrected chi connectivity index (χ1v) is 6.80. The van der Waals surface area contributed by atoms with E-state index in [0.717, 1.165) is 0 Å². The molecule has 5 heteroatoms. The van der Waals surface area contributed by atoms with E-state index in [0.29, 0.717) is 32.8 Å². The number of ether oxygens (including phenoxy) is 3. The van der Waals surface area contributed by atoms with Crippen molar-refractivity contribution in [2.24, 2.45) is 0 Å². The average molecular weight is 275 g/mol. The highest BCUT2D eigenvalue weighted by molar-refractivity contribution is 5.80. The number of hydrogen-bond acceptors (Lipinski definition) is 5. The lowest BCUT2D eigenvalue weighted by molar-refractivity contribution is -0.148. The molecular weight excluding hydrogens is 246 g/mol. The summed E-state index contributed by atoms with van der Waals surface area (Å²) in [6.45, 7) is 12.1. The number of rotatable bonds is 9. The number of esters is 1. The Balaban J connectivity index is 3.92. The van der Waals surface area contributed by atoms with Crippen molar-refractivity contribution in [3.8, 4) is 0 Å². The fourth-order valence-electron chi connectivity index (χ4n) is 1.66. The van der Waals surface area contributed by atoms with Crippen LogP contribution in [0.4, 0.5) is 0 Å². The molecule has 114 valence electrons. The van der Waals surface area contributed by atoms with Gasteiger partial charge in [-0.2, -0.15) is 0 Å². The van der Waals surface area contributed by atoms with Crippen molar-refractivity contribution >= 4 is 5.97 Å². The SMILES string of the molecule is CCNC(C)(CCOCCOC(C)(C)C)C(=O)OC. The molecule has 0 bridgehead atoms. The maximum atomic E-state index is 11.7. The van der Waals surface area contributed by atoms with Crippen molar-refractivity contribution in [2.45, 2.75) is 52.2 Å². The highest BCUT2D eigenvalue weighted by atomic mass is 16.5. The summed E-state index contributed by atoms with van der Waals surface area (Å²) in [6.07, 6.45) is 0.572. The van der Waals surface area contributed by atoms with Gasteiger partial charge < -0.3 is 19.5 Å². The van der Waals surface area contributed by atoms with Gasteiger partial charge in [0.2, 0.25) is 0 Å². The van der Waals surface area contributed by atoms with Crippen molar-refractivity contribution < 1.29 is 19.0 Å². The van der Waals surface area contributed by atoms with Crippen LogP contribution >= 0.6 is 0 Å². The molecular formula is C14H29NO4. The quantitative estimate of drug-likeness (QED) is 0.513. The summed E-state index contributed by atoms with van der Waals surface area (Å²) in [6, 6.07) is 0. The van der Waals surface area contributed by atoms with E-state index < -0.39 is 5.54 Å².